The van der Waals surface area contributed by atoms with Crippen molar-refractivity contribution in [1.82, 2.24) is 5.32 Å². The van der Waals surface area contributed by atoms with Crippen LogP contribution in [0.1, 0.15) is 16.4 Å². The van der Waals surface area contributed by atoms with E-state index in [9.17, 15) is 9.59 Å². The van der Waals surface area contributed by atoms with Crippen molar-refractivity contribution in [2.45, 2.75) is 17.9 Å². The van der Waals surface area contributed by atoms with Crippen LogP contribution in [0.2, 0.25) is 0 Å². The highest BCUT2D eigenvalue weighted by Gasteiger charge is 2.33. The summed E-state index contributed by atoms with van der Waals surface area (Å²) in [7, 11) is 1.31. The van der Waals surface area contributed by atoms with Crippen LogP contribution in [0.15, 0.2) is 72.8 Å². The molecule has 0 aliphatic carbocycles. The molecule has 0 radical (unpaired) electrons. The molecule has 0 aromatic heterocycles. The molecule has 0 spiro atoms. The van der Waals surface area contributed by atoms with Crippen LogP contribution in [0.5, 0.6) is 0 Å². The molecule has 1 unspecified atom stereocenters. The summed E-state index contributed by atoms with van der Waals surface area (Å²) >= 11 is 1.50. The first-order chi connectivity index (χ1) is 15.1. The van der Waals surface area contributed by atoms with Crippen LogP contribution in [0.25, 0.3) is 10.8 Å². The van der Waals surface area contributed by atoms with Gasteiger partial charge in [0.15, 0.2) is 0 Å². The van der Waals surface area contributed by atoms with Crippen molar-refractivity contribution in [2.24, 2.45) is 5.73 Å². The number of benzene rings is 3. The minimum atomic E-state index is -0.935. The number of fused-ring (bicyclic) bond motifs is 1. The lowest BCUT2D eigenvalue weighted by Crippen LogP contribution is -2.45. The number of hydrogen-bond donors (Lipinski definition) is 2. The fourth-order valence-corrected chi connectivity index (χ4v) is 4.48. The van der Waals surface area contributed by atoms with Crippen molar-refractivity contribution >= 4 is 47.0 Å². The van der Waals surface area contributed by atoms with Gasteiger partial charge >= 0.3 is 12.1 Å². The summed E-state index contributed by atoms with van der Waals surface area (Å²) in [5, 5.41) is 4.37. The van der Waals surface area contributed by atoms with E-state index in [1.807, 2.05) is 72.8 Å². The molecule has 1 amide bonds. The zero-order valence-corrected chi connectivity index (χ0v) is 19.4. The molecule has 2 atom stereocenters. The summed E-state index contributed by atoms with van der Waals surface area (Å²) in [6, 6.07) is 22.3. The Morgan fingerprint density at radius 3 is 2.41 bits per heavy atom. The summed E-state index contributed by atoms with van der Waals surface area (Å²) in [4.78, 5) is 25.2. The van der Waals surface area contributed by atoms with Gasteiger partial charge in [0.2, 0.25) is 0 Å². The molecule has 0 aliphatic heterocycles. The van der Waals surface area contributed by atoms with Gasteiger partial charge in [-0.2, -0.15) is 0 Å². The smallest absolute Gasteiger partial charge is 0.408 e. The lowest BCUT2D eigenvalue weighted by molar-refractivity contribution is -0.143. The molecule has 0 fully saturated rings. The summed E-state index contributed by atoms with van der Waals surface area (Å²) in [5.41, 5.74) is 7.52. The van der Waals surface area contributed by atoms with Gasteiger partial charge in [-0.25, -0.2) is 9.59 Å². The minimum Gasteiger partial charge on any atom is -0.467 e. The number of hydrogen-bond acceptors (Lipinski definition) is 6. The van der Waals surface area contributed by atoms with E-state index in [1.54, 1.807) is 0 Å². The second-order valence-corrected chi connectivity index (χ2v) is 8.10. The van der Waals surface area contributed by atoms with E-state index in [0.717, 1.165) is 21.9 Å². The Morgan fingerprint density at radius 1 is 1.00 bits per heavy atom. The third-order valence-electron chi connectivity index (χ3n) is 4.79. The van der Waals surface area contributed by atoms with Gasteiger partial charge in [-0.05, 0) is 21.9 Å². The number of amides is 1. The number of halogens is 1. The zero-order valence-electron chi connectivity index (χ0n) is 17.7. The highest BCUT2D eigenvalue weighted by molar-refractivity contribution is 7.99. The fourth-order valence-electron chi connectivity index (χ4n) is 3.34. The molecule has 170 valence electrons. The molecule has 0 bridgehead atoms. The zero-order chi connectivity index (χ0) is 22.1. The molecule has 8 heteroatoms. The highest BCUT2D eigenvalue weighted by Crippen LogP contribution is 2.37. The Balaban J connectivity index is 0.00000363. The van der Waals surface area contributed by atoms with Gasteiger partial charge in [0.05, 0.1) is 12.4 Å². The molecule has 6 nitrogen and oxygen atoms in total. The topological polar surface area (TPSA) is 90.6 Å². The fraction of sp³-hybridized carbons (Fsp3) is 0.250. The van der Waals surface area contributed by atoms with Crippen molar-refractivity contribution in [2.75, 3.05) is 19.4 Å². The third kappa shape index (κ3) is 6.63. The van der Waals surface area contributed by atoms with E-state index in [4.69, 9.17) is 15.2 Å². The lowest BCUT2D eigenvalue weighted by Gasteiger charge is -2.27. The van der Waals surface area contributed by atoms with Gasteiger partial charge in [-0.1, -0.05) is 72.8 Å². The summed E-state index contributed by atoms with van der Waals surface area (Å²) in [6.07, 6.45) is -0.683. The number of esters is 1. The van der Waals surface area contributed by atoms with Crippen molar-refractivity contribution in [3.05, 3.63) is 83.9 Å². The van der Waals surface area contributed by atoms with Crippen LogP contribution >= 0.6 is 24.2 Å². The first-order valence-electron chi connectivity index (χ1n) is 9.98. The Hall–Kier alpha value is -2.74. The molecule has 3 rings (SSSR count). The van der Waals surface area contributed by atoms with Gasteiger partial charge < -0.3 is 20.5 Å². The maximum Gasteiger partial charge on any atom is 0.408 e. The van der Waals surface area contributed by atoms with E-state index < -0.39 is 23.4 Å². The molecule has 0 heterocycles. The summed E-state index contributed by atoms with van der Waals surface area (Å²) < 4.78 is 10.4. The van der Waals surface area contributed by atoms with E-state index in [0.29, 0.717) is 12.3 Å². The van der Waals surface area contributed by atoms with Gasteiger partial charge in [-0.15, -0.1) is 24.2 Å². The standard InChI is InChI=1S/C24H26N2O4S.ClH/c1-29-23(27)21(26-24(28)30-16-17-8-3-2-4-9-17)22(31-15-14-25)20-13-7-11-18-10-5-6-12-19(18)20;/h2-13,21-22H,14-16,25H2,1H3,(H,26,28);1H/t21-,22?;/m0./s1. The van der Waals surface area contributed by atoms with E-state index in [-0.39, 0.29) is 19.0 Å². The number of thioether (sulfide) groups is 1. The first-order valence-corrected chi connectivity index (χ1v) is 11.0. The molecule has 3 aromatic carbocycles. The maximum atomic E-state index is 12.7. The first kappa shape index (κ1) is 25.5. The van der Waals surface area contributed by atoms with Crippen LogP contribution in [0.3, 0.4) is 0 Å². The molecule has 3 N–H and O–H groups in total. The Kier molecular flexibility index (Phi) is 10.3. The number of rotatable bonds is 9. The number of ether oxygens (including phenoxy) is 2. The lowest BCUT2D eigenvalue weighted by atomic mass is 9.98. The van der Waals surface area contributed by atoms with Gasteiger partial charge in [0.1, 0.15) is 12.6 Å². The van der Waals surface area contributed by atoms with Crippen molar-refractivity contribution < 1.29 is 19.1 Å². The van der Waals surface area contributed by atoms with Crippen LogP contribution < -0.4 is 11.1 Å². The third-order valence-corrected chi connectivity index (χ3v) is 6.15. The number of nitrogens with two attached hydrogens (primary N) is 1. The summed E-state index contributed by atoms with van der Waals surface area (Å²) in [6.45, 7) is 0.549. The minimum absolute atomic E-state index is 0. The van der Waals surface area contributed by atoms with Crippen LogP contribution in [-0.2, 0) is 20.9 Å². The molecule has 0 aliphatic rings. The van der Waals surface area contributed by atoms with Crippen LogP contribution in [0.4, 0.5) is 4.79 Å². The van der Waals surface area contributed by atoms with Crippen LogP contribution in [0, 0.1) is 0 Å². The molecule has 0 saturated carbocycles. The summed E-state index contributed by atoms with van der Waals surface area (Å²) in [5.74, 6) is 0.0707. The van der Waals surface area contributed by atoms with Gasteiger partial charge in [-0.3, -0.25) is 0 Å². The molecule has 32 heavy (non-hydrogen) atoms. The van der Waals surface area contributed by atoms with E-state index >= 15 is 0 Å². The second-order valence-electron chi connectivity index (χ2n) is 6.86. The van der Waals surface area contributed by atoms with Crippen molar-refractivity contribution in [3.8, 4) is 0 Å². The normalized spacial score (nSPS) is 12.3. The van der Waals surface area contributed by atoms with E-state index in [2.05, 4.69) is 5.32 Å². The molecule has 3 aromatic rings. The largest absolute Gasteiger partial charge is 0.467 e. The van der Waals surface area contributed by atoms with Crippen LogP contribution in [-0.4, -0.2) is 37.5 Å². The predicted molar refractivity (Wildman–Crippen MR) is 131 cm³/mol. The number of nitrogens with one attached hydrogen (secondary N) is 1. The number of alkyl carbamates (subject to hydrolysis) is 1. The monoisotopic (exact) mass is 474 g/mol. The number of methoxy groups -OCH3 is 1. The van der Waals surface area contributed by atoms with Crippen molar-refractivity contribution in [1.29, 1.82) is 0 Å². The van der Waals surface area contributed by atoms with Gasteiger partial charge in [0, 0.05) is 12.3 Å². The Morgan fingerprint density at radius 2 is 1.69 bits per heavy atom. The Labute approximate surface area is 198 Å². The second kappa shape index (κ2) is 13.0. The predicted octanol–water partition coefficient (Wildman–Crippen LogP) is 4.46. The molecular weight excluding hydrogens is 448 g/mol. The van der Waals surface area contributed by atoms with Gasteiger partial charge in [0.25, 0.3) is 0 Å². The number of carbonyl (C=O) groups excluding carboxylic acids is 2. The Bertz CT molecular complexity index is 1010. The number of carbonyl (C=O) groups is 2. The average Bonchev–Trinajstić information content (AvgIpc) is 2.82. The van der Waals surface area contributed by atoms with Crippen molar-refractivity contribution in [3.63, 3.8) is 0 Å². The molecule has 0 saturated heterocycles. The van der Waals surface area contributed by atoms with E-state index in [1.165, 1.54) is 18.9 Å². The highest BCUT2D eigenvalue weighted by atomic mass is 35.5. The molecular formula is C24H27ClN2O4S. The average molecular weight is 475 g/mol. The maximum absolute atomic E-state index is 12.7. The quantitative estimate of drug-likeness (QED) is 0.445. The SMILES string of the molecule is COC(=O)[C@@H](NC(=O)OCc1ccccc1)C(SCCN)c1cccc2ccccc12.Cl.